The van der Waals surface area contributed by atoms with Gasteiger partial charge in [-0.05, 0) is 48.9 Å². The van der Waals surface area contributed by atoms with Gasteiger partial charge in [0.2, 0.25) is 5.91 Å². The van der Waals surface area contributed by atoms with E-state index in [2.05, 4.69) is 51.9 Å². The van der Waals surface area contributed by atoms with Gasteiger partial charge in [-0.15, -0.1) is 11.3 Å². The van der Waals surface area contributed by atoms with Gasteiger partial charge in [-0.3, -0.25) is 4.79 Å². The lowest BCUT2D eigenvalue weighted by molar-refractivity contribution is -0.115. The van der Waals surface area contributed by atoms with E-state index >= 15 is 0 Å². The molecule has 6 heteroatoms. The molecule has 2 aromatic carbocycles. The van der Waals surface area contributed by atoms with Gasteiger partial charge in [0.1, 0.15) is 16.2 Å². The maximum absolute atomic E-state index is 13.2. The molecule has 0 aliphatic heterocycles. The summed E-state index contributed by atoms with van der Waals surface area (Å²) < 4.78 is 0. The zero-order valence-corrected chi connectivity index (χ0v) is 20.4. The maximum Gasteiger partial charge on any atom is 0.237 e. The van der Waals surface area contributed by atoms with E-state index in [4.69, 9.17) is 0 Å². The summed E-state index contributed by atoms with van der Waals surface area (Å²) in [4.78, 5) is 23.2. The Labute approximate surface area is 197 Å². The number of anilines is 1. The Kier molecular flexibility index (Phi) is 6.92. The van der Waals surface area contributed by atoms with Crippen molar-refractivity contribution >= 4 is 44.9 Å². The monoisotopic (exact) mass is 461 g/mol. The molecule has 0 radical (unpaired) electrons. The number of carbonyl (C=O) groups is 1. The second-order valence-electron chi connectivity index (χ2n) is 7.83. The molecule has 0 bridgehead atoms. The van der Waals surface area contributed by atoms with Crippen molar-refractivity contribution in [2.75, 3.05) is 5.32 Å². The van der Waals surface area contributed by atoms with Crippen LogP contribution in [0, 0.1) is 13.8 Å². The fourth-order valence-electron chi connectivity index (χ4n) is 3.74. The van der Waals surface area contributed by atoms with Crippen LogP contribution in [0.4, 0.5) is 5.69 Å². The number of rotatable bonds is 7. The molecule has 1 amide bonds. The van der Waals surface area contributed by atoms with E-state index in [-0.39, 0.29) is 11.2 Å². The minimum absolute atomic E-state index is 0.00532. The first kappa shape index (κ1) is 22.5. The van der Waals surface area contributed by atoms with E-state index in [0.29, 0.717) is 6.42 Å². The van der Waals surface area contributed by atoms with Gasteiger partial charge in [-0.25, -0.2) is 9.97 Å². The summed E-state index contributed by atoms with van der Waals surface area (Å²) in [6.07, 6.45) is 3.32. The molecule has 0 fully saturated rings. The molecule has 0 aliphatic rings. The van der Waals surface area contributed by atoms with Gasteiger partial charge in [0.05, 0.1) is 10.6 Å². The van der Waals surface area contributed by atoms with Crippen molar-refractivity contribution in [1.29, 1.82) is 0 Å². The molecule has 0 saturated heterocycles. The minimum atomic E-state index is -0.248. The smallest absolute Gasteiger partial charge is 0.237 e. The molecule has 2 aromatic heterocycles. The van der Waals surface area contributed by atoms with Crippen molar-refractivity contribution < 1.29 is 4.79 Å². The first-order valence-corrected chi connectivity index (χ1v) is 12.6. The number of benzene rings is 2. The molecular formula is C26H27N3OS2. The summed E-state index contributed by atoms with van der Waals surface area (Å²) in [5, 5.41) is 6.93. The van der Waals surface area contributed by atoms with E-state index < -0.39 is 0 Å². The van der Waals surface area contributed by atoms with E-state index in [1.54, 1.807) is 17.7 Å². The highest BCUT2D eigenvalue weighted by Gasteiger charge is 2.23. The molecule has 164 valence electrons. The third-order valence-electron chi connectivity index (χ3n) is 5.66. The van der Waals surface area contributed by atoms with Crippen molar-refractivity contribution in [1.82, 2.24) is 9.97 Å². The second kappa shape index (κ2) is 9.84. The summed E-state index contributed by atoms with van der Waals surface area (Å²) in [7, 11) is 0. The Hall–Kier alpha value is -2.70. The van der Waals surface area contributed by atoms with Crippen molar-refractivity contribution in [3.63, 3.8) is 0 Å². The van der Waals surface area contributed by atoms with E-state index in [9.17, 15) is 4.79 Å². The molecule has 32 heavy (non-hydrogen) atoms. The van der Waals surface area contributed by atoms with Crippen LogP contribution in [0.2, 0.25) is 0 Å². The summed E-state index contributed by atoms with van der Waals surface area (Å²) in [6.45, 7) is 8.24. The number of hydrogen-bond acceptors (Lipinski definition) is 5. The number of carbonyl (C=O) groups excluding carboxylic acids is 1. The molecule has 4 rings (SSSR count). The zero-order chi connectivity index (χ0) is 22.7. The Morgan fingerprint density at radius 3 is 2.44 bits per heavy atom. The molecule has 2 heterocycles. The molecule has 4 nitrogen and oxygen atoms in total. The molecule has 1 atom stereocenters. The summed E-state index contributed by atoms with van der Waals surface area (Å²) in [5.74, 6) is 0.00532. The number of thioether (sulfide) groups is 1. The third kappa shape index (κ3) is 4.57. The van der Waals surface area contributed by atoms with Crippen LogP contribution in [0.25, 0.3) is 21.3 Å². The maximum atomic E-state index is 13.2. The Bertz CT molecular complexity index is 1230. The molecule has 0 aliphatic carbocycles. The topological polar surface area (TPSA) is 54.9 Å². The van der Waals surface area contributed by atoms with Crippen LogP contribution in [0.1, 0.15) is 37.0 Å². The van der Waals surface area contributed by atoms with Crippen LogP contribution >= 0.6 is 23.1 Å². The first-order chi connectivity index (χ1) is 15.5. The largest absolute Gasteiger partial charge is 0.325 e. The van der Waals surface area contributed by atoms with Gasteiger partial charge in [-0.2, -0.15) is 0 Å². The van der Waals surface area contributed by atoms with E-state index in [1.807, 2.05) is 39.0 Å². The number of aromatic nitrogens is 2. The Balaban J connectivity index is 1.65. The van der Waals surface area contributed by atoms with Crippen molar-refractivity contribution in [3.05, 3.63) is 70.9 Å². The van der Waals surface area contributed by atoms with Gasteiger partial charge in [0.15, 0.2) is 0 Å². The second-order valence-corrected chi connectivity index (χ2v) is 9.88. The van der Waals surface area contributed by atoms with Crippen LogP contribution in [0.5, 0.6) is 0 Å². The number of nitrogens with one attached hydrogen (secondary N) is 1. The lowest BCUT2D eigenvalue weighted by atomic mass is 10.0. The van der Waals surface area contributed by atoms with Gasteiger partial charge in [0, 0.05) is 16.6 Å². The lowest BCUT2D eigenvalue weighted by Crippen LogP contribution is -2.25. The average Bonchev–Trinajstić information content (AvgIpc) is 3.25. The van der Waals surface area contributed by atoms with Crippen LogP contribution in [-0.4, -0.2) is 21.1 Å². The van der Waals surface area contributed by atoms with Crippen molar-refractivity contribution in [2.24, 2.45) is 0 Å². The standard InChI is InChI=1S/C26H27N3OS2/c1-5-18-10-12-19(13-11-18)20-14-31-25-22(20)26(28-15-27-25)32-21(6-2)24(30)29-23-16(3)8-7-9-17(23)4/h7-15,21H,5-6H2,1-4H3,(H,29,30). The molecule has 1 unspecified atom stereocenters. The fourth-order valence-corrected chi connectivity index (χ4v) is 5.76. The SMILES string of the molecule is CCc1ccc(-c2csc3ncnc(SC(CC)C(=O)Nc4c(C)cccc4C)c23)cc1. The number of hydrogen-bond donors (Lipinski definition) is 1. The zero-order valence-electron chi connectivity index (χ0n) is 18.8. The Morgan fingerprint density at radius 2 is 1.78 bits per heavy atom. The summed E-state index contributed by atoms with van der Waals surface area (Å²) >= 11 is 3.14. The molecular weight excluding hydrogens is 434 g/mol. The Morgan fingerprint density at radius 1 is 1.06 bits per heavy atom. The fraction of sp³-hybridized carbons (Fsp3) is 0.269. The van der Waals surface area contributed by atoms with E-state index in [1.165, 1.54) is 17.3 Å². The van der Waals surface area contributed by atoms with Gasteiger partial charge >= 0.3 is 0 Å². The number of thiophene rings is 1. The number of fused-ring (bicyclic) bond motifs is 1. The van der Waals surface area contributed by atoms with Gasteiger partial charge in [-0.1, -0.05) is 68.1 Å². The highest BCUT2D eigenvalue weighted by Crippen LogP contribution is 2.39. The average molecular weight is 462 g/mol. The van der Waals surface area contributed by atoms with Crippen LogP contribution in [0.3, 0.4) is 0 Å². The van der Waals surface area contributed by atoms with Gasteiger partial charge in [0.25, 0.3) is 0 Å². The molecule has 1 N–H and O–H groups in total. The predicted molar refractivity (Wildman–Crippen MR) is 137 cm³/mol. The molecule has 0 saturated carbocycles. The normalized spacial score (nSPS) is 12.1. The quantitative estimate of drug-likeness (QED) is 0.237. The van der Waals surface area contributed by atoms with E-state index in [0.717, 1.165) is 49.6 Å². The highest BCUT2D eigenvalue weighted by molar-refractivity contribution is 8.00. The van der Waals surface area contributed by atoms with Gasteiger partial charge < -0.3 is 5.32 Å². The lowest BCUT2D eigenvalue weighted by Gasteiger charge is -2.17. The summed E-state index contributed by atoms with van der Waals surface area (Å²) in [6, 6.07) is 14.7. The molecule has 0 spiro atoms. The highest BCUT2D eigenvalue weighted by atomic mass is 32.2. The van der Waals surface area contributed by atoms with Crippen LogP contribution < -0.4 is 5.32 Å². The minimum Gasteiger partial charge on any atom is -0.325 e. The van der Waals surface area contributed by atoms with Crippen molar-refractivity contribution in [2.45, 2.75) is 50.8 Å². The van der Waals surface area contributed by atoms with Crippen LogP contribution in [0.15, 0.2) is 59.2 Å². The number of aryl methyl sites for hydroxylation is 3. The first-order valence-electron chi connectivity index (χ1n) is 10.9. The molecule has 4 aromatic rings. The predicted octanol–water partition coefficient (Wildman–Crippen LogP) is 7.05. The van der Waals surface area contributed by atoms with Crippen LogP contribution in [-0.2, 0) is 11.2 Å². The number of para-hydroxylation sites is 1. The number of nitrogens with zero attached hydrogens (tertiary/aromatic N) is 2. The number of amides is 1. The summed E-state index contributed by atoms with van der Waals surface area (Å²) in [5.41, 5.74) is 6.63. The third-order valence-corrected chi connectivity index (χ3v) is 7.91. The van der Waals surface area contributed by atoms with Crippen molar-refractivity contribution in [3.8, 4) is 11.1 Å².